The topological polar surface area (TPSA) is 62.7 Å². The van der Waals surface area contributed by atoms with Crippen molar-refractivity contribution in [3.63, 3.8) is 0 Å². The van der Waals surface area contributed by atoms with Gasteiger partial charge in [-0.1, -0.05) is 25.7 Å². The van der Waals surface area contributed by atoms with Crippen molar-refractivity contribution in [1.29, 1.82) is 0 Å². The molecule has 4 rings (SSSR count). The SMILES string of the molecule is COc1ccc2nccc(CCCC3CCN(CCC4CCCC4)CC3CCC(=O)O)c2c1. The lowest BCUT2D eigenvalue weighted by atomic mass is 9.79. The molecule has 2 atom stereocenters. The lowest BCUT2D eigenvalue weighted by molar-refractivity contribution is -0.137. The van der Waals surface area contributed by atoms with E-state index in [0.29, 0.717) is 18.3 Å². The summed E-state index contributed by atoms with van der Waals surface area (Å²) in [4.78, 5) is 18.4. The highest BCUT2D eigenvalue weighted by atomic mass is 16.5. The molecule has 2 unspecified atom stereocenters. The Morgan fingerprint density at radius 2 is 1.97 bits per heavy atom. The molecule has 0 radical (unpaired) electrons. The first-order valence-electron chi connectivity index (χ1n) is 13.0. The van der Waals surface area contributed by atoms with E-state index in [-0.39, 0.29) is 0 Å². The predicted octanol–water partition coefficient (Wildman–Crippen LogP) is 5.95. The van der Waals surface area contributed by atoms with Crippen LogP contribution in [0.15, 0.2) is 30.5 Å². The first-order valence-corrected chi connectivity index (χ1v) is 13.0. The number of aromatic nitrogens is 1. The number of likely N-dealkylation sites (tertiary alicyclic amines) is 1. The van der Waals surface area contributed by atoms with Gasteiger partial charge in [-0.05, 0) is 99.2 Å². The number of nitrogens with zero attached hydrogens (tertiary/aromatic N) is 2. The van der Waals surface area contributed by atoms with Crippen molar-refractivity contribution in [2.75, 3.05) is 26.7 Å². The molecule has 5 nitrogen and oxygen atoms in total. The molecule has 2 aromatic rings. The standard InChI is InChI=1S/C28H40N2O3/c1-33-25-10-11-27-26(19-25)23(13-16-29-27)8-4-7-22-15-18-30(17-14-21-5-2-3-6-21)20-24(22)9-12-28(31)32/h10-11,13,16,19,21-22,24H,2-9,12,14-15,17-18,20H2,1H3,(H,31,32). The lowest BCUT2D eigenvalue weighted by Crippen LogP contribution is -2.41. The van der Waals surface area contributed by atoms with Gasteiger partial charge in [0.15, 0.2) is 0 Å². The highest BCUT2D eigenvalue weighted by Gasteiger charge is 2.29. The van der Waals surface area contributed by atoms with E-state index >= 15 is 0 Å². The summed E-state index contributed by atoms with van der Waals surface area (Å²) in [6.07, 6.45) is 14.5. The lowest BCUT2D eigenvalue weighted by Gasteiger charge is -2.39. The summed E-state index contributed by atoms with van der Waals surface area (Å²) in [7, 11) is 1.70. The molecule has 5 heteroatoms. The van der Waals surface area contributed by atoms with Gasteiger partial charge in [-0.15, -0.1) is 0 Å². The maximum Gasteiger partial charge on any atom is 0.303 e. The number of ether oxygens (including phenoxy) is 1. The summed E-state index contributed by atoms with van der Waals surface area (Å²) < 4.78 is 5.42. The summed E-state index contributed by atoms with van der Waals surface area (Å²) in [5.41, 5.74) is 2.35. The zero-order valence-corrected chi connectivity index (χ0v) is 20.2. The minimum atomic E-state index is -0.658. The van der Waals surface area contributed by atoms with Crippen LogP contribution in [0.3, 0.4) is 0 Å². The van der Waals surface area contributed by atoms with Crippen LogP contribution in [0.5, 0.6) is 5.75 Å². The van der Waals surface area contributed by atoms with E-state index in [2.05, 4.69) is 22.0 Å². The molecule has 2 aliphatic rings. The van der Waals surface area contributed by atoms with Gasteiger partial charge in [0.1, 0.15) is 5.75 Å². The van der Waals surface area contributed by atoms with Crippen molar-refractivity contribution in [2.45, 2.75) is 70.6 Å². The molecule has 180 valence electrons. The molecule has 0 amide bonds. The Morgan fingerprint density at radius 1 is 1.12 bits per heavy atom. The average Bonchev–Trinajstić information content (AvgIpc) is 3.36. The Hall–Kier alpha value is -2.14. The number of benzene rings is 1. The summed E-state index contributed by atoms with van der Waals surface area (Å²) in [6.45, 7) is 3.46. The van der Waals surface area contributed by atoms with Crippen molar-refractivity contribution < 1.29 is 14.6 Å². The zero-order chi connectivity index (χ0) is 23.0. The molecule has 1 saturated heterocycles. The molecule has 0 spiro atoms. The Morgan fingerprint density at radius 3 is 2.76 bits per heavy atom. The Kier molecular flexibility index (Phi) is 8.60. The van der Waals surface area contributed by atoms with Crippen LogP contribution >= 0.6 is 0 Å². The van der Waals surface area contributed by atoms with Crippen molar-refractivity contribution >= 4 is 16.9 Å². The number of carbonyl (C=O) groups is 1. The number of fused-ring (bicyclic) bond motifs is 1. The number of methoxy groups -OCH3 is 1. The first kappa shape index (κ1) is 24.0. The minimum absolute atomic E-state index is 0.298. The predicted molar refractivity (Wildman–Crippen MR) is 133 cm³/mol. The monoisotopic (exact) mass is 452 g/mol. The number of pyridine rings is 1. The number of aryl methyl sites for hydroxylation is 1. The minimum Gasteiger partial charge on any atom is -0.497 e. The Balaban J connectivity index is 1.33. The highest BCUT2D eigenvalue weighted by molar-refractivity contribution is 5.83. The fourth-order valence-corrected chi connectivity index (χ4v) is 6.12. The quantitative estimate of drug-likeness (QED) is 0.456. The van der Waals surface area contributed by atoms with Gasteiger partial charge in [0.05, 0.1) is 12.6 Å². The van der Waals surface area contributed by atoms with E-state index in [1.54, 1.807) is 7.11 Å². The fraction of sp³-hybridized carbons (Fsp3) is 0.643. The van der Waals surface area contributed by atoms with Crippen molar-refractivity contribution in [1.82, 2.24) is 9.88 Å². The first-order chi connectivity index (χ1) is 16.1. The number of aliphatic carboxylic acids is 1. The molecule has 2 heterocycles. The van der Waals surface area contributed by atoms with Gasteiger partial charge in [-0.25, -0.2) is 0 Å². The second-order valence-corrected chi connectivity index (χ2v) is 10.2. The molecule has 2 fully saturated rings. The van der Waals surface area contributed by atoms with E-state index in [1.165, 1.54) is 69.0 Å². The second kappa shape index (κ2) is 11.8. The van der Waals surface area contributed by atoms with Crippen LogP contribution in [-0.4, -0.2) is 47.7 Å². The van der Waals surface area contributed by atoms with Crippen molar-refractivity contribution in [3.8, 4) is 5.75 Å². The van der Waals surface area contributed by atoms with E-state index < -0.39 is 5.97 Å². The van der Waals surface area contributed by atoms with Crippen LogP contribution in [0.2, 0.25) is 0 Å². The third-order valence-electron chi connectivity index (χ3n) is 8.09. The number of hydrogen-bond acceptors (Lipinski definition) is 4. The second-order valence-electron chi connectivity index (χ2n) is 10.2. The van der Waals surface area contributed by atoms with Crippen LogP contribution in [0.1, 0.15) is 69.8 Å². The summed E-state index contributed by atoms with van der Waals surface area (Å²) >= 11 is 0. The molecular formula is C28H40N2O3. The number of piperidine rings is 1. The smallest absolute Gasteiger partial charge is 0.303 e. The molecule has 33 heavy (non-hydrogen) atoms. The molecule has 1 aromatic carbocycles. The van der Waals surface area contributed by atoms with Gasteiger partial charge in [0, 0.05) is 24.5 Å². The van der Waals surface area contributed by atoms with E-state index in [0.717, 1.165) is 43.0 Å². The third kappa shape index (κ3) is 6.69. The number of carboxylic acid groups (broad SMARTS) is 1. The summed E-state index contributed by atoms with van der Waals surface area (Å²) in [6, 6.07) is 8.22. The maximum atomic E-state index is 11.3. The number of rotatable bonds is 11. The van der Waals surface area contributed by atoms with Crippen LogP contribution in [0, 0.1) is 17.8 Å². The largest absolute Gasteiger partial charge is 0.497 e. The molecular weight excluding hydrogens is 412 g/mol. The van der Waals surface area contributed by atoms with Gasteiger partial charge in [-0.2, -0.15) is 0 Å². The van der Waals surface area contributed by atoms with Crippen LogP contribution < -0.4 is 4.74 Å². The van der Waals surface area contributed by atoms with Crippen LogP contribution in [0.25, 0.3) is 10.9 Å². The van der Waals surface area contributed by atoms with E-state index in [1.807, 2.05) is 18.3 Å². The molecule has 1 N–H and O–H groups in total. The molecule has 0 bridgehead atoms. The van der Waals surface area contributed by atoms with Gasteiger partial charge < -0.3 is 14.7 Å². The highest BCUT2D eigenvalue weighted by Crippen LogP contribution is 2.34. The molecule has 1 aromatic heterocycles. The van der Waals surface area contributed by atoms with Crippen LogP contribution in [-0.2, 0) is 11.2 Å². The van der Waals surface area contributed by atoms with Gasteiger partial charge >= 0.3 is 5.97 Å². The average molecular weight is 453 g/mol. The summed E-state index contributed by atoms with van der Waals surface area (Å²) in [5, 5.41) is 10.5. The van der Waals surface area contributed by atoms with E-state index in [9.17, 15) is 9.90 Å². The summed E-state index contributed by atoms with van der Waals surface area (Å²) in [5.74, 6) is 2.28. The molecule has 1 aliphatic heterocycles. The fourth-order valence-electron chi connectivity index (χ4n) is 6.12. The van der Waals surface area contributed by atoms with Gasteiger partial charge in [0.2, 0.25) is 0 Å². The van der Waals surface area contributed by atoms with Gasteiger partial charge in [0.25, 0.3) is 0 Å². The number of hydrogen-bond donors (Lipinski definition) is 1. The van der Waals surface area contributed by atoms with Crippen molar-refractivity contribution in [2.24, 2.45) is 17.8 Å². The molecule has 1 saturated carbocycles. The van der Waals surface area contributed by atoms with Crippen molar-refractivity contribution in [3.05, 3.63) is 36.0 Å². The maximum absolute atomic E-state index is 11.3. The Labute approximate surface area is 198 Å². The van der Waals surface area contributed by atoms with Crippen LogP contribution in [0.4, 0.5) is 0 Å². The Bertz CT molecular complexity index is 909. The number of carboxylic acids is 1. The zero-order valence-electron chi connectivity index (χ0n) is 20.2. The van der Waals surface area contributed by atoms with Gasteiger partial charge in [-0.3, -0.25) is 9.78 Å². The normalized spacial score (nSPS) is 22.1. The third-order valence-corrected chi connectivity index (χ3v) is 8.09. The van der Waals surface area contributed by atoms with E-state index in [4.69, 9.17) is 4.74 Å². The molecule has 1 aliphatic carbocycles.